The maximum atomic E-state index is 13.1. The summed E-state index contributed by atoms with van der Waals surface area (Å²) in [7, 11) is 1.84. The number of halogens is 1. The van der Waals surface area contributed by atoms with E-state index in [1.165, 1.54) is 6.07 Å². The number of benzene rings is 1. The molecule has 2 heteroatoms. The van der Waals surface area contributed by atoms with E-state index < -0.39 is 0 Å². The van der Waals surface area contributed by atoms with Crippen molar-refractivity contribution in [2.24, 2.45) is 7.05 Å². The third kappa shape index (κ3) is 0.827. The van der Waals surface area contributed by atoms with Crippen molar-refractivity contribution in [3.8, 4) is 0 Å². The van der Waals surface area contributed by atoms with E-state index in [0.717, 1.165) is 5.39 Å². The Labute approximate surface area is 64.1 Å². The number of hydrogen-bond acceptors (Lipinski definition) is 0. The summed E-state index contributed by atoms with van der Waals surface area (Å²) in [6.07, 6.45) is 1.85. The van der Waals surface area contributed by atoms with Crippen LogP contribution < -0.4 is 0 Å². The fraction of sp³-hybridized carbons (Fsp3) is 0.111. The van der Waals surface area contributed by atoms with Gasteiger partial charge < -0.3 is 4.57 Å². The SMILES string of the molecule is Cn1ccc2cccc(F)c21. The molecule has 0 aliphatic heterocycles. The van der Waals surface area contributed by atoms with Crippen LogP contribution in [0.4, 0.5) is 4.39 Å². The molecule has 11 heavy (non-hydrogen) atoms. The highest BCUT2D eigenvalue weighted by atomic mass is 19.1. The lowest BCUT2D eigenvalue weighted by atomic mass is 10.2. The van der Waals surface area contributed by atoms with Gasteiger partial charge in [0.15, 0.2) is 0 Å². The van der Waals surface area contributed by atoms with Crippen molar-refractivity contribution in [1.82, 2.24) is 4.57 Å². The zero-order valence-electron chi connectivity index (χ0n) is 6.21. The Morgan fingerprint density at radius 3 is 2.82 bits per heavy atom. The minimum atomic E-state index is -0.157. The fourth-order valence-electron chi connectivity index (χ4n) is 1.31. The molecular weight excluding hydrogens is 141 g/mol. The van der Waals surface area contributed by atoms with Crippen LogP contribution >= 0.6 is 0 Å². The maximum absolute atomic E-state index is 13.1. The Morgan fingerprint density at radius 1 is 1.27 bits per heavy atom. The average molecular weight is 149 g/mol. The van der Waals surface area contributed by atoms with Crippen LogP contribution in [-0.2, 0) is 7.05 Å². The first kappa shape index (κ1) is 6.40. The van der Waals surface area contributed by atoms with E-state index in [4.69, 9.17) is 0 Å². The molecule has 0 bridgehead atoms. The monoisotopic (exact) mass is 149 g/mol. The van der Waals surface area contributed by atoms with Crippen LogP contribution in [0, 0.1) is 5.82 Å². The molecule has 0 saturated carbocycles. The van der Waals surface area contributed by atoms with Gasteiger partial charge in [-0.25, -0.2) is 4.39 Å². The zero-order chi connectivity index (χ0) is 7.84. The van der Waals surface area contributed by atoms with E-state index in [1.54, 1.807) is 10.6 Å². The smallest absolute Gasteiger partial charge is 0.147 e. The topological polar surface area (TPSA) is 4.93 Å². The molecule has 0 atom stereocenters. The second-order valence-electron chi connectivity index (χ2n) is 2.60. The predicted molar refractivity (Wildman–Crippen MR) is 42.9 cm³/mol. The van der Waals surface area contributed by atoms with Gasteiger partial charge in [-0.2, -0.15) is 0 Å². The highest BCUT2D eigenvalue weighted by Crippen LogP contribution is 2.17. The summed E-state index contributed by atoms with van der Waals surface area (Å²) >= 11 is 0. The van der Waals surface area contributed by atoms with E-state index in [-0.39, 0.29) is 5.82 Å². The summed E-state index contributed by atoms with van der Waals surface area (Å²) in [6.45, 7) is 0. The minimum Gasteiger partial charge on any atom is -0.348 e. The largest absolute Gasteiger partial charge is 0.348 e. The van der Waals surface area contributed by atoms with Gasteiger partial charge in [0.1, 0.15) is 5.82 Å². The van der Waals surface area contributed by atoms with E-state index in [0.29, 0.717) is 5.52 Å². The number of fused-ring (bicyclic) bond motifs is 1. The van der Waals surface area contributed by atoms with Crippen LogP contribution in [0.5, 0.6) is 0 Å². The van der Waals surface area contributed by atoms with Gasteiger partial charge in [-0.3, -0.25) is 0 Å². The second kappa shape index (κ2) is 2.09. The lowest BCUT2D eigenvalue weighted by Gasteiger charge is -1.95. The van der Waals surface area contributed by atoms with Gasteiger partial charge >= 0.3 is 0 Å². The van der Waals surface area contributed by atoms with Crippen molar-refractivity contribution < 1.29 is 4.39 Å². The van der Waals surface area contributed by atoms with Crippen molar-refractivity contribution in [1.29, 1.82) is 0 Å². The predicted octanol–water partition coefficient (Wildman–Crippen LogP) is 2.32. The average Bonchev–Trinajstić information content (AvgIpc) is 2.34. The first-order valence-electron chi connectivity index (χ1n) is 3.48. The molecule has 56 valence electrons. The Bertz CT molecular complexity index is 389. The van der Waals surface area contributed by atoms with Crippen LogP contribution in [0.2, 0.25) is 0 Å². The van der Waals surface area contributed by atoms with E-state index in [2.05, 4.69) is 0 Å². The zero-order valence-corrected chi connectivity index (χ0v) is 6.21. The van der Waals surface area contributed by atoms with Gasteiger partial charge in [-0.15, -0.1) is 0 Å². The quantitative estimate of drug-likeness (QED) is 0.541. The molecule has 0 spiro atoms. The first-order valence-corrected chi connectivity index (χ1v) is 3.48. The van der Waals surface area contributed by atoms with Crippen molar-refractivity contribution in [2.75, 3.05) is 0 Å². The Balaban J connectivity index is 2.96. The van der Waals surface area contributed by atoms with Crippen LogP contribution in [-0.4, -0.2) is 4.57 Å². The Hall–Kier alpha value is -1.31. The molecule has 0 saturated heterocycles. The fourth-order valence-corrected chi connectivity index (χ4v) is 1.31. The van der Waals surface area contributed by atoms with Gasteiger partial charge in [-0.05, 0) is 12.1 Å². The molecule has 0 fully saturated rings. The van der Waals surface area contributed by atoms with Crippen molar-refractivity contribution in [3.05, 3.63) is 36.3 Å². The first-order chi connectivity index (χ1) is 5.29. The van der Waals surface area contributed by atoms with Gasteiger partial charge in [0.25, 0.3) is 0 Å². The van der Waals surface area contributed by atoms with Gasteiger partial charge in [-0.1, -0.05) is 12.1 Å². The maximum Gasteiger partial charge on any atom is 0.147 e. The van der Waals surface area contributed by atoms with E-state index in [1.807, 2.05) is 25.4 Å². The minimum absolute atomic E-state index is 0.157. The van der Waals surface area contributed by atoms with Crippen LogP contribution in [0.1, 0.15) is 0 Å². The van der Waals surface area contributed by atoms with Crippen molar-refractivity contribution >= 4 is 10.9 Å². The molecule has 1 aromatic heterocycles. The molecule has 0 N–H and O–H groups in total. The summed E-state index contributed by atoms with van der Waals surface area (Å²) in [5, 5.41) is 0.951. The third-order valence-electron chi connectivity index (χ3n) is 1.85. The summed E-state index contributed by atoms with van der Waals surface area (Å²) in [4.78, 5) is 0. The normalized spacial score (nSPS) is 10.7. The van der Waals surface area contributed by atoms with Crippen LogP contribution in [0.15, 0.2) is 30.5 Å². The third-order valence-corrected chi connectivity index (χ3v) is 1.85. The summed E-state index contributed by atoms with van der Waals surface area (Å²) in [5.74, 6) is -0.157. The molecule has 2 rings (SSSR count). The number of rotatable bonds is 0. The Kier molecular flexibility index (Phi) is 1.22. The van der Waals surface area contributed by atoms with Crippen LogP contribution in [0.3, 0.4) is 0 Å². The van der Waals surface area contributed by atoms with Gasteiger partial charge in [0.2, 0.25) is 0 Å². The van der Waals surface area contributed by atoms with Crippen molar-refractivity contribution in [3.63, 3.8) is 0 Å². The molecule has 2 aromatic rings. The molecule has 1 nitrogen and oxygen atoms in total. The van der Waals surface area contributed by atoms with Gasteiger partial charge in [0, 0.05) is 18.6 Å². The molecule has 0 unspecified atom stereocenters. The molecule has 0 radical (unpaired) electrons. The number of nitrogens with zero attached hydrogens (tertiary/aromatic N) is 1. The molecular formula is C9H8FN. The number of para-hydroxylation sites is 1. The number of aromatic nitrogens is 1. The molecule has 0 amide bonds. The number of aryl methyl sites for hydroxylation is 1. The standard InChI is InChI=1S/C9H8FN/c1-11-6-5-7-3-2-4-8(10)9(7)11/h2-6H,1H3. The molecule has 1 aromatic carbocycles. The van der Waals surface area contributed by atoms with E-state index >= 15 is 0 Å². The lowest BCUT2D eigenvalue weighted by Crippen LogP contribution is -1.86. The number of hydrogen-bond donors (Lipinski definition) is 0. The summed E-state index contributed by atoms with van der Waals surface area (Å²) in [5.41, 5.74) is 0.674. The highest BCUT2D eigenvalue weighted by Gasteiger charge is 2.01. The second-order valence-corrected chi connectivity index (χ2v) is 2.60. The molecule has 0 aliphatic rings. The molecule has 0 aliphatic carbocycles. The summed E-state index contributed by atoms with van der Waals surface area (Å²) < 4.78 is 14.8. The lowest BCUT2D eigenvalue weighted by molar-refractivity contribution is 0.632. The van der Waals surface area contributed by atoms with E-state index in [9.17, 15) is 4.39 Å². The summed E-state index contributed by atoms with van der Waals surface area (Å²) in [6, 6.07) is 7.00. The van der Waals surface area contributed by atoms with Crippen LogP contribution in [0.25, 0.3) is 10.9 Å². The molecule has 1 heterocycles. The Morgan fingerprint density at radius 2 is 2.09 bits per heavy atom. The highest BCUT2D eigenvalue weighted by molar-refractivity contribution is 5.80. The van der Waals surface area contributed by atoms with Crippen molar-refractivity contribution in [2.45, 2.75) is 0 Å². The van der Waals surface area contributed by atoms with Gasteiger partial charge in [0.05, 0.1) is 5.52 Å².